The molecule has 0 saturated heterocycles. The summed E-state index contributed by atoms with van der Waals surface area (Å²) in [5, 5.41) is 2.62. The number of aromatic nitrogens is 2. The first-order valence-electron chi connectivity index (χ1n) is 21.5. The molecule has 0 atom stereocenters. The molecule has 0 aliphatic carbocycles. The van der Waals surface area contributed by atoms with E-state index in [-0.39, 0.29) is 17.5 Å². The van der Waals surface area contributed by atoms with Crippen LogP contribution in [0.1, 0.15) is 63.8 Å². The normalized spacial score (nSPS) is 13.0. The highest BCUT2D eigenvalue weighted by Gasteiger charge is 2.42. The molecule has 4 heterocycles. The minimum absolute atomic E-state index is 0.0422. The van der Waals surface area contributed by atoms with Crippen LogP contribution in [0.5, 0.6) is 0 Å². The second kappa shape index (κ2) is 13.0. The number of nitrogens with zero attached hydrogens (tertiary/aromatic N) is 3. The molecule has 60 heavy (non-hydrogen) atoms. The fourth-order valence-electron chi connectivity index (χ4n) is 10.4. The van der Waals surface area contributed by atoms with Crippen molar-refractivity contribution in [2.45, 2.75) is 66.2 Å². The lowest BCUT2D eigenvalue weighted by atomic mass is 9.34. The van der Waals surface area contributed by atoms with Crippen molar-refractivity contribution in [1.29, 1.82) is 0 Å². The Kier molecular flexibility index (Phi) is 7.91. The molecule has 0 fully saturated rings. The van der Waals surface area contributed by atoms with Crippen LogP contribution < -0.4 is 21.3 Å². The summed E-state index contributed by atoms with van der Waals surface area (Å²) in [6, 6.07) is 59.5. The minimum atomic E-state index is 0.0422. The van der Waals surface area contributed by atoms with E-state index in [1.807, 2.05) is 0 Å². The Bertz CT molecular complexity index is 2940. The van der Waals surface area contributed by atoms with Gasteiger partial charge in [0.25, 0.3) is 6.71 Å². The average Bonchev–Trinajstić information content (AvgIpc) is 3.72. The van der Waals surface area contributed by atoms with Crippen LogP contribution in [0.4, 0.5) is 17.1 Å². The molecule has 0 amide bonds. The van der Waals surface area contributed by atoms with E-state index in [9.17, 15) is 0 Å². The zero-order valence-corrected chi connectivity index (χ0v) is 35.9. The highest BCUT2D eigenvalue weighted by atomic mass is 15.2. The lowest BCUT2D eigenvalue weighted by molar-refractivity contribution is 0.590. The highest BCUT2D eigenvalue weighted by Crippen LogP contribution is 2.45. The van der Waals surface area contributed by atoms with E-state index in [2.05, 4.69) is 227 Å². The van der Waals surface area contributed by atoms with Gasteiger partial charge < -0.3 is 14.0 Å². The predicted molar refractivity (Wildman–Crippen MR) is 257 cm³/mol. The molecule has 2 aromatic heterocycles. The quantitative estimate of drug-likeness (QED) is 0.159. The number of anilines is 3. The van der Waals surface area contributed by atoms with Gasteiger partial charge in [-0.1, -0.05) is 163 Å². The number of hydrogen-bond donors (Lipinski definition) is 0. The first kappa shape index (κ1) is 36.6. The van der Waals surface area contributed by atoms with Gasteiger partial charge in [0.1, 0.15) is 0 Å². The van der Waals surface area contributed by atoms with Crippen molar-refractivity contribution in [2.24, 2.45) is 0 Å². The Morgan fingerprint density at radius 1 is 0.433 bits per heavy atom. The minimum Gasteiger partial charge on any atom is -0.310 e. The summed E-state index contributed by atoms with van der Waals surface area (Å²) in [6.45, 7) is 18.4. The SMILES string of the molecule is Cc1c(-c2ccccc2)n2c3c(cccc13)B1c3c-2cc(N(c2ccc(C(C)(C)C)cc2)c2ccc(C(C)(C)C)cc2)cc3-n2c(-c3ccccc3)c(C)c3cccc1c32. The van der Waals surface area contributed by atoms with E-state index >= 15 is 0 Å². The summed E-state index contributed by atoms with van der Waals surface area (Å²) in [4.78, 5) is 2.48. The van der Waals surface area contributed by atoms with Crippen molar-refractivity contribution in [3.8, 4) is 33.9 Å². The third-order valence-electron chi connectivity index (χ3n) is 13.4. The summed E-state index contributed by atoms with van der Waals surface area (Å²) in [5.41, 5.74) is 22.9. The van der Waals surface area contributed by atoms with Gasteiger partial charge in [-0.15, -0.1) is 0 Å². The van der Waals surface area contributed by atoms with Gasteiger partial charge >= 0.3 is 0 Å². The van der Waals surface area contributed by atoms with Crippen molar-refractivity contribution < 1.29 is 0 Å². The average molecular weight is 776 g/mol. The maximum Gasteiger partial charge on any atom is 0.252 e. The predicted octanol–water partition coefficient (Wildman–Crippen LogP) is 12.7. The Hall–Kier alpha value is -6.52. The van der Waals surface area contributed by atoms with Gasteiger partial charge in [0.2, 0.25) is 0 Å². The number of benzene rings is 7. The molecule has 0 radical (unpaired) electrons. The number of fused-ring (bicyclic) bond motifs is 4. The van der Waals surface area contributed by atoms with Gasteiger partial charge in [0.15, 0.2) is 0 Å². The van der Waals surface area contributed by atoms with E-state index in [0.29, 0.717) is 0 Å². The molecule has 0 spiro atoms. The fourth-order valence-corrected chi connectivity index (χ4v) is 10.4. The molecule has 0 N–H and O–H groups in total. The number of para-hydroxylation sites is 2. The van der Waals surface area contributed by atoms with Gasteiger partial charge in [-0.3, -0.25) is 0 Å². The van der Waals surface area contributed by atoms with Gasteiger partial charge in [0, 0.05) is 44.6 Å². The van der Waals surface area contributed by atoms with E-state index in [1.165, 1.54) is 94.3 Å². The third kappa shape index (κ3) is 5.29. The fraction of sp³-hybridized carbons (Fsp3) is 0.179. The Balaban J connectivity index is 1.30. The summed E-state index contributed by atoms with van der Waals surface area (Å²) < 4.78 is 5.23. The zero-order chi connectivity index (χ0) is 41.2. The van der Waals surface area contributed by atoms with Gasteiger partial charge in [0.05, 0.1) is 17.1 Å². The molecule has 0 bridgehead atoms. The van der Waals surface area contributed by atoms with Gasteiger partial charge in [-0.2, -0.15) is 0 Å². The van der Waals surface area contributed by atoms with Crippen molar-refractivity contribution in [3.63, 3.8) is 0 Å². The monoisotopic (exact) mass is 775 g/mol. The standard InChI is InChI=1S/C56H50BN3/c1-35-44-21-15-23-46-53(44)59(51(35)37-17-11-9-12-18-37)48-33-43(58(41-29-25-39(26-30-41)55(3,4)5)42-31-27-40(28-32-42)56(6,7)8)34-49-50(48)57(46)47-24-16-22-45-36(2)52(60(49)54(45)47)38-19-13-10-14-20-38/h9-34H,1-8H3. The molecule has 2 aliphatic rings. The van der Waals surface area contributed by atoms with Crippen LogP contribution in [0.3, 0.4) is 0 Å². The van der Waals surface area contributed by atoms with Crippen LogP contribution in [0, 0.1) is 13.8 Å². The summed E-state index contributed by atoms with van der Waals surface area (Å²) in [7, 11) is 0. The first-order chi connectivity index (χ1) is 28.9. The highest BCUT2D eigenvalue weighted by molar-refractivity contribution is 7.00. The van der Waals surface area contributed by atoms with Crippen LogP contribution in [0.25, 0.3) is 55.7 Å². The van der Waals surface area contributed by atoms with E-state index in [4.69, 9.17) is 0 Å². The Morgan fingerprint density at radius 3 is 1.22 bits per heavy atom. The number of aryl methyl sites for hydroxylation is 2. The lowest BCUT2D eigenvalue weighted by Crippen LogP contribution is -2.59. The second-order valence-corrected chi connectivity index (χ2v) is 19.1. The summed E-state index contributed by atoms with van der Waals surface area (Å²) in [6.07, 6.45) is 0. The smallest absolute Gasteiger partial charge is 0.252 e. The van der Waals surface area contributed by atoms with Crippen LogP contribution in [0.15, 0.2) is 158 Å². The van der Waals surface area contributed by atoms with E-state index < -0.39 is 0 Å². The molecule has 4 heteroatoms. The van der Waals surface area contributed by atoms with Crippen LogP contribution in [0.2, 0.25) is 0 Å². The summed E-state index contributed by atoms with van der Waals surface area (Å²) >= 11 is 0. The number of hydrogen-bond acceptors (Lipinski definition) is 1. The van der Waals surface area contributed by atoms with Crippen LogP contribution in [-0.2, 0) is 10.8 Å². The molecule has 292 valence electrons. The molecule has 0 unspecified atom stereocenters. The van der Waals surface area contributed by atoms with Gasteiger partial charge in [-0.25, -0.2) is 0 Å². The van der Waals surface area contributed by atoms with Crippen molar-refractivity contribution in [3.05, 3.63) is 180 Å². The third-order valence-corrected chi connectivity index (χ3v) is 13.4. The molecular formula is C56H50BN3. The van der Waals surface area contributed by atoms with E-state index in [1.54, 1.807) is 0 Å². The second-order valence-electron chi connectivity index (χ2n) is 19.1. The molecular weight excluding hydrogens is 725 g/mol. The van der Waals surface area contributed by atoms with Crippen molar-refractivity contribution in [2.75, 3.05) is 4.90 Å². The largest absolute Gasteiger partial charge is 0.310 e. The Morgan fingerprint density at radius 2 is 0.833 bits per heavy atom. The summed E-state index contributed by atoms with van der Waals surface area (Å²) in [5.74, 6) is 0. The molecule has 7 aromatic carbocycles. The zero-order valence-electron chi connectivity index (χ0n) is 35.9. The first-order valence-corrected chi connectivity index (χ1v) is 21.5. The topological polar surface area (TPSA) is 13.1 Å². The van der Waals surface area contributed by atoms with Crippen molar-refractivity contribution in [1.82, 2.24) is 9.13 Å². The maximum absolute atomic E-state index is 2.61. The lowest BCUT2D eigenvalue weighted by Gasteiger charge is -2.36. The molecule has 9 aromatic rings. The molecule has 2 aliphatic heterocycles. The van der Waals surface area contributed by atoms with Crippen molar-refractivity contribution >= 4 is 62.0 Å². The van der Waals surface area contributed by atoms with Crippen LogP contribution >= 0.6 is 0 Å². The Labute approximate surface area is 354 Å². The van der Waals surface area contributed by atoms with Crippen LogP contribution in [-0.4, -0.2) is 15.8 Å². The van der Waals surface area contributed by atoms with Gasteiger partial charge in [-0.05, 0) is 111 Å². The number of rotatable bonds is 5. The molecule has 11 rings (SSSR count). The maximum atomic E-state index is 2.61. The molecule has 3 nitrogen and oxygen atoms in total. The molecule has 0 saturated carbocycles. The van der Waals surface area contributed by atoms with E-state index in [0.717, 1.165) is 17.1 Å².